The Labute approximate surface area is 106 Å². The van der Waals surface area contributed by atoms with E-state index in [-0.39, 0.29) is 11.7 Å². The van der Waals surface area contributed by atoms with Crippen LogP contribution in [0.25, 0.3) is 0 Å². The van der Waals surface area contributed by atoms with Crippen molar-refractivity contribution < 1.29 is 13.9 Å². The number of amides is 1. The van der Waals surface area contributed by atoms with Crippen LogP contribution in [0.5, 0.6) is 5.75 Å². The van der Waals surface area contributed by atoms with Gasteiger partial charge in [-0.15, -0.1) is 0 Å². The fourth-order valence-corrected chi connectivity index (χ4v) is 1.67. The second kappa shape index (κ2) is 5.82. The highest BCUT2D eigenvalue weighted by Crippen LogP contribution is 2.16. The molecule has 5 heteroatoms. The van der Waals surface area contributed by atoms with Gasteiger partial charge in [0.25, 0.3) is 5.91 Å². The molecule has 1 aliphatic heterocycles. The Kier molecular flexibility index (Phi) is 4.15. The van der Waals surface area contributed by atoms with E-state index in [1.807, 2.05) is 0 Å². The largest absolute Gasteiger partial charge is 0.478 e. The Balaban J connectivity index is 1.81. The molecule has 0 aromatic heterocycles. The zero-order valence-corrected chi connectivity index (χ0v) is 10.3. The number of hydrogen-bond acceptors (Lipinski definition) is 3. The van der Waals surface area contributed by atoms with Gasteiger partial charge in [-0.2, -0.15) is 0 Å². The van der Waals surface area contributed by atoms with E-state index in [1.54, 1.807) is 19.1 Å². The average molecular weight is 252 g/mol. The summed E-state index contributed by atoms with van der Waals surface area (Å²) in [6.07, 6.45) is -0.699. The number of carbonyl (C=O) groups excluding carboxylic acids is 1. The number of benzene rings is 1. The number of ether oxygens (including phenoxy) is 1. The summed E-state index contributed by atoms with van der Waals surface area (Å²) in [7, 11) is 0. The van der Waals surface area contributed by atoms with Crippen molar-refractivity contribution in [3.63, 3.8) is 0 Å². The molecule has 98 valence electrons. The summed E-state index contributed by atoms with van der Waals surface area (Å²) < 4.78 is 18.6. The Bertz CT molecular complexity index is 421. The van der Waals surface area contributed by atoms with Crippen LogP contribution < -0.4 is 15.4 Å². The molecule has 2 N–H and O–H groups in total. The number of halogens is 1. The Morgan fingerprint density at radius 2 is 2.28 bits per heavy atom. The Hall–Kier alpha value is -1.62. The minimum atomic E-state index is -0.699. The Morgan fingerprint density at radius 1 is 1.56 bits per heavy atom. The molecule has 18 heavy (non-hydrogen) atoms. The summed E-state index contributed by atoms with van der Waals surface area (Å²) in [4.78, 5) is 11.7. The molecular formula is C13H17FN2O2. The first-order chi connectivity index (χ1) is 8.66. The van der Waals surface area contributed by atoms with Crippen molar-refractivity contribution >= 4 is 5.91 Å². The monoisotopic (exact) mass is 252 g/mol. The molecule has 0 aliphatic carbocycles. The first-order valence-electron chi connectivity index (χ1n) is 6.06. The Morgan fingerprint density at radius 3 is 2.89 bits per heavy atom. The van der Waals surface area contributed by atoms with Crippen LogP contribution in [0.4, 0.5) is 4.39 Å². The number of hydrogen-bond donors (Lipinski definition) is 2. The van der Waals surface area contributed by atoms with Crippen molar-refractivity contribution in [2.45, 2.75) is 13.0 Å². The lowest BCUT2D eigenvalue weighted by atomic mass is 10.0. The molecule has 1 amide bonds. The van der Waals surface area contributed by atoms with E-state index < -0.39 is 11.9 Å². The van der Waals surface area contributed by atoms with Crippen molar-refractivity contribution in [3.8, 4) is 5.75 Å². The van der Waals surface area contributed by atoms with E-state index in [2.05, 4.69) is 10.6 Å². The quantitative estimate of drug-likeness (QED) is 0.819. The first-order valence-corrected chi connectivity index (χ1v) is 6.06. The van der Waals surface area contributed by atoms with E-state index in [1.165, 1.54) is 12.1 Å². The number of carbonyl (C=O) groups is 1. The zero-order chi connectivity index (χ0) is 13.0. The smallest absolute Gasteiger partial charge is 0.260 e. The molecule has 0 radical (unpaired) electrons. The molecule has 2 rings (SSSR count). The summed E-state index contributed by atoms with van der Waals surface area (Å²) in [6, 6.07) is 6.06. The van der Waals surface area contributed by atoms with E-state index in [0.29, 0.717) is 12.5 Å². The zero-order valence-electron chi connectivity index (χ0n) is 10.3. The van der Waals surface area contributed by atoms with Gasteiger partial charge in [0.1, 0.15) is 0 Å². The molecule has 1 atom stereocenters. The van der Waals surface area contributed by atoms with Gasteiger partial charge in [0.05, 0.1) is 0 Å². The molecule has 1 aromatic carbocycles. The molecule has 1 aliphatic rings. The SMILES string of the molecule is CC(Oc1ccccc1F)C(=O)NCC1CNC1. The maximum atomic E-state index is 13.3. The van der Waals surface area contributed by atoms with Crippen LogP contribution in [0.3, 0.4) is 0 Å². The van der Waals surface area contributed by atoms with Crippen LogP contribution in [0.2, 0.25) is 0 Å². The molecular weight excluding hydrogens is 235 g/mol. The summed E-state index contributed by atoms with van der Waals surface area (Å²) in [6.45, 7) is 4.11. The lowest BCUT2D eigenvalue weighted by Crippen LogP contribution is -2.49. The van der Waals surface area contributed by atoms with Crippen LogP contribution in [0, 0.1) is 11.7 Å². The van der Waals surface area contributed by atoms with Crippen molar-refractivity contribution in [2.75, 3.05) is 19.6 Å². The van der Waals surface area contributed by atoms with Gasteiger partial charge < -0.3 is 15.4 Å². The highest BCUT2D eigenvalue weighted by Gasteiger charge is 2.20. The summed E-state index contributed by atoms with van der Waals surface area (Å²) in [5.41, 5.74) is 0. The molecule has 4 nitrogen and oxygen atoms in total. The van der Waals surface area contributed by atoms with Gasteiger partial charge >= 0.3 is 0 Å². The first kappa shape index (κ1) is 12.8. The van der Waals surface area contributed by atoms with Gasteiger partial charge in [0.2, 0.25) is 0 Å². The van der Waals surface area contributed by atoms with Crippen LogP contribution >= 0.6 is 0 Å². The molecule has 0 bridgehead atoms. The molecule has 1 aromatic rings. The predicted octanol–water partition coefficient (Wildman–Crippen LogP) is 0.929. The van der Waals surface area contributed by atoms with Gasteiger partial charge in [0.15, 0.2) is 17.7 Å². The second-order valence-electron chi connectivity index (χ2n) is 4.46. The van der Waals surface area contributed by atoms with Gasteiger partial charge in [-0.05, 0) is 19.1 Å². The fourth-order valence-electron chi connectivity index (χ4n) is 1.67. The van der Waals surface area contributed by atoms with Crippen molar-refractivity contribution in [1.82, 2.24) is 10.6 Å². The van der Waals surface area contributed by atoms with Gasteiger partial charge in [-0.1, -0.05) is 12.1 Å². The minimum absolute atomic E-state index is 0.102. The van der Waals surface area contributed by atoms with Crippen molar-refractivity contribution in [1.29, 1.82) is 0 Å². The van der Waals surface area contributed by atoms with Crippen LogP contribution in [-0.2, 0) is 4.79 Å². The van der Waals surface area contributed by atoms with Crippen molar-refractivity contribution in [2.24, 2.45) is 5.92 Å². The predicted molar refractivity (Wildman–Crippen MR) is 65.9 cm³/mol. The van der Waals surface area contributed by atoms with E-state index >= 15 is 0 Å². The topological polar surface area (TPSA) is 50.4 Å². The minimum Gasteiger partial charge on any atom is -0.478 e. The fraction of sp³-hybridized carbons (Fsp3) is 0.462. The van der Waals surface area contributed by atoms with Crippen LogP contribution in [0.15, 0.2) is 24.3 Å². The normalized spacial score (nSPS) is 16.8. The second-order valence-corrected chi connectivity index (χ2v) is 4.46. The maximum Gasteiger partial charge on any atom is 0.260 e. The molecule has 1 unspecified atom stereocenters. The van der Waals surface area contributed by atoms with Crippen LogP contribution in [0.1, 0.15) is 6.92 Å². The van der Waals surface area contributed by atoms with Crippen molar-refractivity contribution in [3.05, 3.63) is 30.1 Å². The summed E-state index contributed by atoms with van der Waals surface area (Å²) in [5.74, 6) is -0.0782. The lowest BCUT2D eigenvalue weighted by molar-refractivity contribution is -0.127. The van der Waals surface area contributed by atoms with E-state index in [0.717, 1.165) is 13.1 Å². The third kappa shape index (κ3) is 3.20. The number of rotatable bonds is 5. The maximum absolute atomic E-state index is 13.3. The highest BCUT2D eigenvalue weighted by molar-refractivity contribution is 5.80. The molecule has 0 saturated carbocycles. The van der Waals surface area contributed by atoms with Gasteiger partial charge in [0, 0.05) is 25.6 Å². The number of para-hydroxylation sites is 1. The number of nitrogens with one attached hydrogen (secondary N) is 2. The summed E-state index contributed by atoms with van der Waals surface area (Å²) >= 11 is 0. The average Bonchev–Trinajstić information content (AvgIpc) is 2.30. The lowest BCUT2D eigenvalue weighted by Gasteiger charge is -2.27. The summed E-state index contributed by atoms with van der Waals surface area (Å²) in [5, 5.41) is 5.93. The van der Waals surface area contributed by atoms with E-state index in [4.69, 9.17) is 4.74 Å². The third-order valence-electron chi connectivity index (χ3n) is 2.94. The molecule has 0 spiro atoms. The highest BCUT2D eigenvalue weighted by atomic mass is 19.1. The molecule has 1 heterocycles. The molecule has 1 fully saturated rings. The third-order valence-corrected chi connectivity index (χ3v) is 2.94. The standard InChI is InChI=1S/C13H17FN2O2/c1-9(13(17)16-8-10-6-15-7-10)18-12-5-3-2-4-11(12)14/h2-5,9-10,15H,6-8H2,1H3,(H,16,17). The van der Waals surface area contributed by atoms with Gasteiger partial charge in [-0.3, -0.25) is 4.79 Å². The van der Waals surface area contributed by atoms with Gasteiger partial charge in [-0.25, -0.2) is 4.39 Å². The molecule has 1 saturated heterocycles. The van der Waals surface area contributed by atoms with Crippen LogP contribution in [-0.4, -0.2) is 31.6 Å². The van der Waals surface area contributed by atoms with E-state index in [9.17, 15) is 9.18 Å².